The minimum Gasteiger partial charge on any atom is -0.370 e. The maximum atomic E-state index is 4.20. The van der Waals surface area contributed by atoms with Crippen LogP contribution in [0.4, 0.5) is 5.82 Å². The van der Waals surface area contributed by atoms with Crippen LogP contribution >= 0.6 is 11.8 Å². The quantitative estimate of drug-likeness (QED) is 0.483. The summed E-state index contributed by atoms with van der Waals surface area (Å²) in [5, 5.41) is 4.35. The third-order valence-electron chi connectivity index (χ3n) is 2.74. The van der Waals surface area contributed by atoms with Crippen molar-refractivity contribution in [1.29, 1.82) is 0 Å². The van der Waals surface area contributed by atoms with Gasteiger partial charge < -0.3 is 5.32 Å². The zero-order valence-electron chi connectivity index (χ0n) is 9.57. The molecule has 1 aromatic heterocycles. The van der Waals surface area contributed by atoms with E-state index < -0.39 is 0 Å². The number of nitrogens with one attached hydrogen (secondary N) is 1. The van der Waals surface area contributed by atoms with Gasteiger partial charge in [-0.25, -0.2) is 9.97 Å². The second kappa shape index (κ2) is 5.89. The van der Waals surface area contributed by atoms with Crippen molar-refractivity contribution in [3.05, 3.63) is 24.0 Å². The molecule has 0 saturated heterocycles. The minimum absolute atomic E-state index is 0.929. The summed E-state index contributed by atoms with van der Waals surface area (Å²) < 4.78 is 0. The highest BCUT2D eigenvalue weighted by Crippen LogP contribution is 2.20. The van der Waals surface area contributed by atoms with E-state index in [4.69, 9.17) is 0 Å². The summed E-state index contributed by atoms with van der Waals surface area (Å²) in [4.78, 5) is 8.34. The molecule has 0 spiro atoms. The van der Waals surface area contributed by atoms with Crippen molar-refractivity contribution < 1.29 is 0 Å². The Morgan fingerprint density at radius 2 is 2.38 bits per heavy atom. The molecule has 0 aromatic carbocycles. The molecule has 0 unspecified atom stereocenters. The molecule has 0 radical (unpaired) electrons. The van der Waals surface area contributed by atoms with Crippen LogP contribution in [0, 0.1) is 0 Å². The first-order valence-corrected chi connectivity index (χ1v) is 6.89. The van der Waals surface area contributed by atoms with Crippen LogP contribution in [0.25, 0.3) is 0 Å². The van der Waals surface area contributed by atoms with E-state index in [1.54, 1.807) is 23.7 Å². The lowest BCUT2D eigenvalue weighted by Gasteiger charge is -2.06. The molecule has 1 N–H and O–H groups in total. The first kappa shape index (κ1) is 11.5. The van der Waals surface area contributed by atoms with Crippen molar-refractivity contribution in [2.45, 2.75) is 30.7 Å². The summed E-state index contributed by atoms with van der Waals surface area (Å²) in [6, 6.07) is 1.99. The van der Waals surface area contributed by atoms with Crippen LogP contribution in [0.5, 0.6) is 0 Å². The third kappa shape index (κ3) is 3.23. The molecule has 0 atom stereocenters. The van der Waals surface area contributed by atoms with Crippen LogP contribution in [-0.2, 0) is 0 Å². The van der Waals surface area contributed by atoms with Gasteiger partial charge in [0.2, 0.25) is 0 Å². The van der Waals surface area contributed by atoms with Crippen LogP contribution in [-0.4, -0.2) is 22.8 Å². The number of allylic oxidation sites excluding steroid dienone is 1. The smallest absolute Gasteiger partial charge is 0.130 e. The first-order valence-electron chi connectivity index (χ1n) is 5.66. The molecule has 86 valence electrons. The fourth-order valence-corrected chi connectivity index (χ4v) is 2.25. The van der Waals surface area contributed by atoms with Crippen LogP contribution in [0.1, 0.15) is 25.7 Å². The van der Waals surface area contributed by atoms with Gasteiger partial charge in [-0.3, -0.25) is 0 Å². The van der Waals surface area contributed by atoms with Gasteiger partial charge in [-0.2, -0.15) is 0 Å². The average Bonchev–Trinajstić information content (AvgIpc) is 2.82. The number of aromatic nitrogens is 2. The van der Waals surface area contributed by atoms with Crippen molar-refractivity contribution in [3.63, 3.8) is 0 Å². The molecule has 1 aliphatic carbocycles. The number of rotatable bonds is 5. The lowest BCUT2D eigenvalue weighted by Crippen LogP contribution is -2.04. The van der Waals surface area contributed by atoms with E-state index in [2.05, 4.69) is 21.4 Å². The van der Waals surface area contributed by atoms with Crippen LogP contribution in [0.15, 0.2) is 29.1 Å². The largest absolute Gasteiger partial charge is 0.370 e. The van der Waals surface area contributed by atoms with E-state index in [-0.39, 0.29) is 0 Å². The van der Waals surface area contributed by atoms with Gasteiger partial charge in [0.15, 0.2) is 0 Å². The maximum absolute atomic E-state index is 4.20. The fraction of sp³-hybridized carbons (Fsp3) is 0.500. The number of hydrogen-bond acceptors (Lipinski definition) is 4. The zero-order chi connectivity index (χ0) is 11.2. The normalized spacial score (nSPS) is 14.9. The Kier molecular flexibility index (Phi) is 4.22. The Hall–Kier alpha value is -1.03. The van der Waals surface area contributed by atoms with Crippen molar-refractivity contribution in [2.24, 2.45) is 0 Å². The maximum Gasteiger partial charge on any atom is 0.130 e. The summed E-state index contributed by atoms with van der Waals surface area (Å²) in [5.74, 6) is 0.929. The monoisotopic (exact) mass is 235 g/mol. The average molecular weight is 235 g/mol. The Morgan fingerprint density at radius 1 is 1.44 bits per heavy atom. The first-order chi connectivity index (χ1) is 7.88. The van der Waals surface area contributed by atoms with Gasteiger partial charge >= 0.3 is 0 Å². The Labute approximate surface area is 101 Å². The van der Waals surface area contributed by atoms with Gasteiger partial charge in [0, 0.05) is 12.6 Å². The Bertz CT molecular complexity index is 376. The van der Waals surface area contributed by atoms with E-state index >= 15 is 0 Å². The van der Waals surface area contributed by atoms with E-state index in [1.165, 1.54) is 19.3 Å². The molecule has 0 saturated carbocycles. The predicted octanol–water partition coefficient (Wildman–Crippen LogP) is 3.11. The highest BCUT2D eigenvalue weighted by molar-refractivity contribution is 7.98. The Morgan fingerprint density at radius 3 is 3.12 bits per heavy atom. The molecule has 16 heavy (non-hydrogen) atoms. The van der Waals surface area contributed by atoms with E-state index in [0.29, 0.717) is 0 Å². The number of nitrogens with zero attached hydrogens (tertiary/aromatic N) is 2. The second-order valence-electron chi connectivity index (χ2n) is 3.88. The molecule has 1 aromatic rings. The molecular formula is C12H17N3S. The lowest BCUT2D eigenvalue weighted by molar-refractivity contribution is 0.860. The van der Waals surface area contributed by atoms with Gasteiger partial charge in [-0.15, -0.1) is 11.8 Å². The van der Waals surface area contributed by atoms with E-state index in [9.17, 15) is 0 Å². The molecule has 4 heteroatoms. The summed E-state index contributed by atoms with van der Waals surface area (Å²) in [6.07, 6.45) is 11.0. The lowest BCUT2D eigenvalue weighted by atomic mass is 10.2. The SMILES string of the molecule is CSc1cc(NCCC2=CCCC2)ncn1. The number of thioether (sulfide) groups is 1. The molecule has 0 fully saturated rings. The standard InChI is InChI=1S/C12H17N3S/c1-16-12-8-11(14-9-15-12)13-7-6-10-4-2-3-5-10/h4,8-9H,2-3,5-7H2,1H3,(H,13,14,15). The van der Waals surface area contributed by atoms with Crippen LogP contribution < -0.4 is 5.32 Å². The van der Waals surface area contributed by atoms with Crippen molar-refractivity contribution in [2.75, 3.05) is 18.1 Å². The summed E-state index contributed by atoms with van der Waals surface area (Å²) in [5.41, 5.74) is 1.59. The topological polar surface area (TPSA) is 37.8 Å². The van der Waals surface area contributed by atoms with Crippen molar-refractivity contribution >= 4 is 17.6 Å². The summed E-state index contributed by atoms with van der Waals surface area (Å²) in [7, 11) is 0. The Balaban J connectivity index is 1.80. The van der Waals surface area contributed by atoms with Crippen molar-refractivity contribution in [1.82, 2.24) is 9.97 Å². The second-order valence-corrected chi connectivity index (χ2v) is 4.70. The molecule has 0 aliphatic heterocycles. The molecule has 2 rings (SSSR count). The van der Waals surface area contributed by atoms with Gasteiger partial charge in [0.25, 0.3) is 0 Å². The zero-order valence-corrected chi connectivity index (χ0v) is 10.4. The summed E-state index contributed by atoms with van der Waals surface area (Å²) in [6.45, 7) is 0.969. The van der Waals surface area contributed by atoms with Crippen LogP contribution in [0.3, 0.4) is 0 Å². The highest BCUT2D eigenvalue weighted by atomic mass is 32.2. The van der Waals surface area contributed by atoms with Gasteiger partial charge in [0.1, 0.15) is 17.2 Å². The van der Waals surface area contributed by atoms with Crippen molar-refractivity contribution in [3.8, 4) is 0 Å². The predicted molar refractivity (Wildman–Crippen MR) is 68.9 cm³/mol. The number of anilines is 1. The molecule has 1 heterocycles. The number of hydrogen-bond donors (Lipinski definition) is 1. The minimum atomic E-state index is 0.929. The van der Waals surface area contributed by atoms with E-state index in [1.807, 2.05) is 12.3 Å². The molecule has 1 aliphatic rings. The molecule has 3 nitrogen and oxygen atoms in total. The molecule has 0 bridgehead atoms. The molecule has 0 amide bonds. The van der Waals surface area contributed by atoms with Gasteiger partial charge in [-0.05, 0) is 31.9 Å². The third-order valence-corrected chi connectivity index (χ3v) is 3.38. The van der Waals surface area contributed by atoms with E-state index in [0.717, 1.165) is 23.8 Å². The van der Waals surface area contributed by atoms with Gasteiger partial charge in [0.05, 0.1) is 0 Å². The highest BCUT2D eigenvalue weighted by Gasteiger charge is 2.04. The van der Waals surface area contributed by atoms with Gasteiger partial charge in [-0.1, -0.05) is 11.6 Å². The summed E-state index contributed by atoms with van der Waals surface area (Å²) >= 11 is 1.64. The fourth-order valence-electron chi connectivity index (χ4n) is 1.86. The molecular weight excluding hydrogens is 218 g/mol. The van der Waals surface area contributed by atoms with Crippen LogP contribution in [0.2, 0.25) is 0 Å².